The van der Waals surface area contributed by atoms with Gasteiger partial charge in [-0.25, -0.2) is 4.90 Å². The molecule has 0 aromatic heterocycles. The molecule has 2 heterocycles. The third-order valence-corrected chi connectivity index (χ3v) is 10.3. The highest BCUT2D eigenvalue weighted by Crippen LogP contribution is 2.45. The molecule has 3 unspecified atom stereocenters. The number of benzene rings is 5. The molecule has 6 heteroatoms. The molecule has 216 valence electrons. The Morgan fingerprint density at radius 3 is 2.43 bits per heavy atom. The number of amides is 2. The number of aliphatic hydroxyl groups excluding tert-OH is 1. The minimum Gasteiger partial charge on any atom is -0.388 e. The van der Waals surface area contributed by atoms with Crippen molar-refractivity contribution in [2.45, 2.75) is 36.1 Å². The molecule has 3 atom stereocenters. The maximum atomic E-state index is 13.9. The van der Waals surface area contributed by atoms with Gasteiger partial charge >= 0.3 is 0 Å². The highest BCUT2D eigenvalue weighted by molar-refractivity contribution is 7.98. The van der Waals surface area contributed by atoms with Crippen molar-refractivity contribution < 1.29 is 14.7 Å². The highest BCUT2D eigenvalue weighted by Gasteiger charge is 2.41. The molecular weight excluding hydrogens is 564 g/mol. The summed E-state index contributed by atoms with van der Waals surface area (Å²) in [5.74, 6) is 0.0576. The van der Waals surface area contributed by atoms with Crippen LogP contribution >= 0.6 is 11.8 Å². The number of aliphatic hydroxyl groups is 1. The van der Waals surface area contributed by atoms with Crippen molar-refractivity contribution in [2.75, 3.05) is 10.2 Å². The summed E-state index contributed by atoms with van der Waals surface area (Å²) in [5, 5.41) is 17.4. The number of thioether (sulfide) groups is 1. The lowest BCUT2D eigenvalue weighted by Gasteiger charge is -2.32. The zero-order chi connectivity index (χ0) is 29.9. The van der Waals surface area contributed by atoms with Crippen LogP contribution in [0.1, 0.15) is 54.6 Å². The van der Waals surface area contributed by atoms with Crippen LogP contribution in [0.3, 0.4) is 0 Å². The molecule has 0 saturated carbocycles. The van der Waals surface area contributed by atoms with E-state index in [0.717, 1.165) is 50.4 Å². The summed E-state index contributed by atoms with van der Waals surface area (Å²) in [6.45, 7) is 2.03. The predicted octanol–water partition coefficient (Wildman–Crippen LogP) is 7.95. The minimum atomic E-state index is -0.627. The van der Waals surface area contributed by atoms with E-state index in [1.807, 2.05) is 61.5 Å². The molecule has 1 aliphatic carbocycles. The first-order chi connectivity index (χ1) is 21.5. The van der Waals surface area contributed by atoms with E-state index in [1.54, 1.807) is 17.8 Å². The summed E-state index contributed by atoms with van der Waals surface area (Å²) in [5.41, 5.74) is 7.47. The zero-order valence-electron chi connectivity index (χ0n) is 24.2. The van der Waals surface area contributed by atoms with E-state index < -0.39 is 6.10 Å². The lowest BCUT2D eigenvalue weighted by atomic mass is 9.89. The van der Waals surface area contributed by atoms with Crippen molar-refractivity contribution in [3.8, 4) is 0 Å². The van der Waals surface area contributed by atoms with Crippen molar-refractivity contribution in [3.05, 3.63) is 142 Å². The van der Waals surface area contributed by atoms with Gasteiger partial charge in [0.05, 0.1) is 34.6 Å². The zero-order valence-corrected chi connectivity index (χ0v) is 25.0. The van der Waals surface area contributed by atoms with Gasteiger partial charge in [0.1, 0.15) is 0 Å². The summed E-state index contributed by atoms with van der Waals surface area (Å²) in [6.07, 6.45) is 4.28. The van der Waals surface area contributed by atoms with Gasteiger partial charge in [-0.05, 0) is 76.7 Å². The Kier molecular flexibility index (Phi) is 6.43. The Labute approximate surface area is 260 Å². The third kappa shape index (κ3) is 4.36. The lowest BCUT2D eigenvalue weighted by molar-refractivity contribution is 0.0926. The second-order valence-electron chi connectivity index (χ2n) is 11.9. The first kappa shape index (κ1) is 26.9. The van der Waals surface area contributed by atoms with Crippen LogP contribution in [0.4, 0.5) is 11.4 Å². The van der Waals surface area contributed by atoms with Crippen LogP contribution in [-0.2, 0) is 12.2 Å². The van der Waals surface area contributed by atoms with Crippen LogP contribution in [-0.4, -0.2) is 23.0 Å². The molecule has 2 N–H and O–H groups in total. The summed E-state index contributed by atoms with van der Waals surface area (Å²) >= 11 is 1.65. The molecule has 44 heavy (non-hydrogen) atoms. The van der Waals surface area contributed by atoms with Gasteiger partial charge < -0.3 is 10.4 Å². The predicted molar refractivity (Wildman–Crippen MR) is 177 cm³/mol. The fourth-order valence-corrected chi connectivity index (χ4v) is 7.77. The van der Waals surface area contributed by atoms with E-state index in [4.69, 9.17) is 0 Å². The maximum Gasteiger partial charge on any atom is 0.266 e. The molecule has 5 nitrogen and oxygen atoms in total. The molecule has 2 amide bonds. The molecule has 3 aliphatic rings. The topological polar surface area (TPSA) is 69.6 Å². The van der Waals surface area contributed by atoms with Crippen LogP contribution in [0.15, 0.2) is 108 Å². The Morgan fingerprint density at radius 1 is 0.864 bits per heavy atom. The first-order valence-corrected chi connectivity index (χ1v) is 15.9. The van der Waals surface area contributed by atoms with Crippen LogP contribution in [0.2, 0.25) is 0 Å². The Morgan fingerprint density at radius 2 is 1.61 bits per heavy atom. The summed E-state index contributed by atoms with van der Waals surface area (Å²) < 4.78 is 0. The van der Waals surface area contributed by atoms with Crippen molar-refractivity contribution in [2.24, 2.45) is 5.92 Å². The Hall–Kier alpha value is -4.65. The number of anilines is 2. The number of nitrogens with zero attached hydrogens (tertiary/aromatic N) is 1. The minimum absolute atomic E-state index is 0.0917. The van der Waals surface area contributed by atoms with Gasteiger partial charge in [0.15, 0.2) is 0 Å². The molecule has 8 rings (SSSR count). The Bertz CT molecular complexity index is 2020. The third-order valence-electron chi connectivity index (χ3n) is 9.22. The average molecular weight is 595 g/mol. The number of carbonyl (C=O) groups is 2. The van der Waals surface area contributed by atoms with E-state index >= 15 is 0 Å². The normalized spacial score (nSPS) is 20.0. The number of imide groups is 1. The van der Waals surface area contributed by atoms with Gasteiger partial charge in [-0.1, -0.05) is 78.9 Å². The highest BCUT2D eigenvalue weighted by atomic mass is 32.2. The second kappa shape index (κ2) is 10.5. The molecule has 0 bridgehead atoms. The molecule has 5 aromatic carbocycles. The fourth-order valence-electron chi connectivity index (χ4n) is 6.88. The fraction of sp³-hybridized carbons (Fsp3) is 0.158. The van der Waals surface area contributed by atoms with Gasteiger partial charge in [0.25, 0.3) is 11.8 Å². The molecule has 5 aromatic rings. The van der Waals surface area contributed by atoms with Gasteiger partial charge in [0.2, 0.25) is 0 Å². The van der Waals surface area contributed by atoms with Gasteiger partial charge in [-0.3, -0.25) is 9.59 Å². The molecule has 0 saturated heterocycles. The van der Waals surface area contributed by atoms with E-state index in [0.29, 0.717) is 16.8 Å². The number of hydrogen-bond acceptors (Lipinski definition) is 5. The monoisotopic (exact) mass is 594 g/mol. The number of fused-ring (bicyclic) bond motifs is 4. The van der Waals surface area contributed by atoms with E-state index in [2.05, 4.69) is 53.9 Å². The number of carbonyl (C=O) groups excluding carboxylic acids is 2. The molecule has 0 fully saturated rings. The summed E-state index contributed by atoms with van der Waals surface area (Å²) in [7, 11) is 0. The average Bonchev–Trinajstić information content (AvgIpc) is 3.51. The first-order valence-electron chi connectivity index (χ1n) is 14.9. The van der Waals surface area contributed by atoms with Crippen LogP contribution in [0.5, 0.6) is 0 Å². The lowest BCUT2D eigenvalue weighted by Crippen LogP contribution is -2.35. The molecular formula is C38H30N2O3S. The number of aryl methyl sites for hydroxylation is 1. The largest absolute Gasteiger partial charge is 0.388 e. The molecule has 0 spiro atoms. The van der Waals surface area contributed by atoms with Crippen molar-refractivity contribution in [1.82, 2.24) is 0 Å². The standard InChI is InChI=1S/C38H30N2O3S/c1-22-11-16-34(40-37(42)29-13-12-27(20-31(29)38(40)43)44-21-23-7-3-2-4-8-23)35-28(22)14-15-33(39-35)32-19-26-17-24-9-5-6-10-25(24)18-30(26)36(32)41/h2-18,20,32-33,36,39,41H,19,21H2,1H3. The summed E-state index contributed by atoms with van der Waals surface area (Å²) in [4.78, 5) is 29.9. The van der Waals surface area contributed by atoms with Crippen LogP contribution in [0, 0.1) is 12.8 Å². The maximum absolute atomic E-state index is 13.9. The molecule has 2 aliphatic heterocycles. The number of hydrogen-bond donors (Lipinski definition) is 2. The van der Waals surface area contributed by atoms with Gasteiger partial charge in [-0.15, -0.1) is 11.8 Å². The van der Waals surface area contributed by atoms with Crippen molar-refractivity contribution in [1.29, 1.82) is 0 Å². The van der Waals surface area contributed by atoms with E-state index in [-0.39, 0.29) is 23.8 Å². The van der Waals surface area contributed by atoms with E-state index in [9.17, 15) is 14.7 Å². The number of rotatable bonds is 5. The second-order valence-corrected chi connectivity index (χ2v) is 12.9. The van der Waals surface area contributed by atoms with Crippen molar-refractivity contribution in [3.63, 3.8) is 0 Å². The van der Waals surface area contributed by atoms with Crippen molar-refractivity contribution >= 4 is 51.8 Å². The van der Waals surface area contributed by atoms with Crippen LogP contribution < -0.4 is 10.2 Å². The van der Waals surface area contributed by atoms with Gasteiger partial charge in [0, 0.05) is 22.1 Å². The smallest absolute Gasteiger partial charge is 0.266 e. The Balaban J connectivity index is 1.09. The van der Waals surface area contributed by atoms with Gasteiger partial charge in [-0.2, -0.15) is 0 Å². The van der Waals surface area contributed by atoms with E-state index in [1.165, 1.54) is 15.8 Å². The summed E-state index contributed by atoms with van der Waals surface area (Å²) in [6, 6.07) is 31.9. The van der Waals surface area contributed by atoms with Crippen LogP contribution in [0.25, 0.3) is 16.8 Å². The quantitative estimate of drug-likeness (QED) is 0.160. The number of nitrogens with one attached hydrogen (secondary N) is 1. The molecule has 0 radical (unpaired) electrons. The SMILES string of the molecule is Cc1ccc(N2C(=O)c3ccc(SCc4ccccc4)cc3C2=O)c2c1C=CC(C1Cc3cc4ccccc4cc3C1O)N2.